The van der Waals surface area contributed by atoms with Crippen LogP contribution in [0.5, 0.6) is 0 Å². The van der Waals surface area contributed by atoms with Gasteiger partial charge in [0.2, 0.25) is 0 Å². The first-order valence-electron chi connectivity index (χ1n) is 5.22. The summed E-state index contributed by atoms with van der Waals surface area (Å²) in [7, 11) is 0. The number of carbonyl (C=O) groups excluding carboxylic acids is 2. The molecule has 0 aliphatic heterocycles. The van der Waals surface area contributed by atoms with Crippen LogP contribution in [-0.4, -0.2) is 48.6 Å². The minimum Gasteiger partial charge on any atom is -0.463 e. The Morgan fingerprint density at radius 2 is 1.50 bits per heavy atom. The van der Waals surface area contributed by atoms with E-state index >= 15 is 0 Å². The normalized spacial score (nSPS) is 10.2. The lowest BCUT2D eigenvalue weighted by molar-refractivity contribution is -0.163. The molecule has 0 rings (SSSR count). The van der Waals surface area contributed by atoms with E-state index in [0.717, 1.165) is 0 Å². The zero-order chi connectivity index (χ0) is 12.4. The Balaban J connectivity index is 4.22. The van der Waals surface area contributed by atoms with E-state index in [4.69, 9.17) is 10.2 Å². The Morgan fingerprint density at radius 3 is 1.81 bits per heavy atom. The lowest BCUT2D eigenvalue weighted by Gasteiger charge is -2.13. The highest BCUT2D eigenvalue weighted by molar-refractivity contribution is 5.94. The van der Waals surface area contributed by atoms with Gasteiger partial charge in [-0.3, -0.25) is 9.59 Å². The van der Waals surface area contributed by atoms with E-state index in [2.05, 4.69) is 9.47 Å². The predicted molar refractivity (Wildman–Crippen MR) is 54.5 cm³/mol. The van der Waals surface area contributed by atoms with Crippen LogP contribution in [0.2, 0.25) is 0 Å². The van der Waals surface area contributed by atoms with Crippen LogP contribution >= 0.6 is 0 Å². The molecule has 0 aromatic rings. The van der Waals surface area contributed by atoms with E-state index in [1.807, 2.05) is 6.92 Å². The standard InChI is InChI=1S/C10H18O6/c1-2-3-8(9(13)15-6-4-11)10(14)16-7-5-12/h8,11-12H,2-7H2,1H3. The molecule has 0 fully saturated rings. The monoisotopic (exact) mass is 234 g/mol. The first-order valence-corrected chi connectivity index (χ1v) is 5.22. The summed E-state index contributed by atoms with van der Waals surface area (Å²) in [5, 5.41) is 17.0. The van der Waals surface area contributed by atoms with Crippen LogP contribution in [0.3, 0.4) is 0 Å². The summed E-state index contributed by atoms with van der Waals surface area (Å²) in [6, 6.07) is 0. The lowest BCUT2D eigenvalue weighted by atomic mass is 10.0. The maximum atomic E-state index is 11.4. The molecule has 6 nitrogen and oxygen atoms in total. The fraction of sp³-hybridized carbons (Fsp3) is 0.800. The average Bonchev–Trinajstić information content (AvgIpc) is 2.29. The fourth-order valence-electron chi connectivity index (χ4n) is 1.11. The van der Waals surface area contributed by atoms with Gasteiger partial charge >= 0.3 is 11.9 Å². The van der Waals surface area contributed by atoms with Gasteiger partial charge in [0.25, 0.3) is 0 Å². The second-order valence-electron chi connectivity index (χ2n) is 3.12. The highest BCUT2D eigenvalue weighted by Gasteiger charge is 2.28. The SMILES string of the molecule is CCCC(C(=O)OCCO)C(=O)OCCO. The van der Waals surface area contributed by atoms with Crippen molar-refractivity contribution in [3.05, 3.63) is 0 Å². The maximum Gasteiger partial charge on any atom is 0.320 e. The molecule has 0 saturated carbocycles. The maximum absolute atomic E-state index is 11.4. The minimum absolute atomic E-state index is 0.133. The number of carbonyl (C=O) groups is 2. The number of ether oxygens (including phenoxy) is 2. The summed E-state index contributed by atoms with van der Waals surface area (Å²) < 4.78 is 9.31. The molecule has 0 aromatic carbocycles. The first kappa shape index (κ1) is 14.9. The Hall–Kier alpha value is -1.14. The molecular formula is C10H18O6. The number of aliphatic hydroxyl groups is 2. The van der Waals surface area contributed by atoms with Gasteiger partial charge in [-0.15, -0.1) is 0 Å². The van der Waals surface area contributed by atoms with Gasteiger partial charge in [-0.25, -0.2) is 0 Å². The van der Waals surface area contributed by atoms with E-state index in [1.165, 1.54) is 0 Å². The molecule has 16 heavy (non-hydrogen) atoms. The van der Waals surface area contributed by atoms with Crippen molar-refractivity contribution in [2.75, 3.05) is 26.4 Å². The fourth-order valence-corrected chi connectivity index (χ4v) is 1.11. The Bertz CT molecular complexity index is 195. The van der Waals surface area contributed by atoms with Crippen molar-refractivity contribution in [1.29, 1.82) is 0 Å². The van der Waals surface area contributed by atoms with Crippen LogP contribution in [0.25, 0.3) is 0 Å². The summed E-state index contributed by atoms with van der Waals surface area (Å²) in [6.45, 7) is 0.997. The van der Waals surface area contributed by atoms with E-state index in [1.54, 1.807) is 0 Å². The third kappa shape index (κ3) is 5.67. The first-order chi connectivity index (χ1) is 7.67. The minimum atomic E-state index is -0.969. The molecule has 0 heterocycles. The van der Waals surface area contributed by atoms with Crippen molar-refractivity contribution < 1.29 is 29.3 Å². The zero-order valence-corrected chi connectivity index (χ0v) is 9.35. The van der Waals surface area contributed by atoms with Gasteiger partial charge in [0.1, 0.15) is 13.2 Å². The van der Waals surface area contributed by atoms with Crippen LogP contribution < -0.4 is 0 Å². The predicted octanol–water partition coefficient (Wildman–Crippen LogP) is -0.526. The van der Waals surface area contributed by atoms with Crippen LogP contribution in [-0.2, 0) is 19.1 Å². The Labute approximate surface area is 94.2 Å². The second kappa shape index (κ2) is 9.11. The molecule has 0 spiro atoms. The zero-order valence-electron chi connectivity index (χ0n) is 9.35. The molecule has 0 bridgehead atoms. The lowest BCUT2D eigenvalue weighted by Crippen LogP contribution is -2.29. The molecule has 0 aromatic heterocycles. The van der Waals surface area contributed by atoms with Crippen LogP contribution in [0.15, 0.2) is 0 Å². The van der Waals surface area contributed by atoms with Crippen molar-refractivity contribution in [3.8, 4) is 0 Å². The highest BCUT2D eigenvalue weighted by atomic mass is 16.6. The Morgan fingerprint density at radius 1 is 1.06 bits per heavy atom. The summed E-state index contributed by atoms with van der Waals surface area (Å²) in [6.07, 6.45) is 0.960. The van der Waals surface area contributed by atoms with E-state index in [9.17, 15) is 9.59 Å². The summed E-state index contributed by atoms with van der Waals surface area (Å²) >= 11 is 0. The van der Waals surface area contributed by atoms with Gasteiger partial charge in [-0.1, -0.05) is 13.3 Å². The quantitative estimate of drug-likeness (QED) is 0.433. The van der Waals surface area contributed by atoms with Gasteiger partial charge < -0.3 is 19.7 Å². The largest absolute Gasteiger partial charge is 0.463 e. The van der Waals surface area contributed by atoms with E-state index in [0.29, 0.717) is 12.8 Å². The van der Waals surface area contributed by atoms with Gasteiger partial charge in [-0.05, 0) is 6.42 Å². The van der Waals surface area contributed by atoms with E-state index < -0.39 is 17.9 Å². The Kier molecular flexibility index (Phi) is 8.46. The molecule has 0 saturated heterocycles. The van der Waals surface area contributed by atoms with Crippen LogP contribution in [0, 0.1) is 5.92 Å². The topological polar surface area (TPSA) is 93.1 Å². The number of hydrogen-bond acceptors (Lipinski definition) is 6. The number of esters is 2. The molecule has 0 aliphatic rings. The molecule has 6 heteroatoms. The molecular weight excluding hydrogens is 216 g/mol. The van der Waals surface area contributed by atoms with Gasteiger partial charge in [0.15, 0.2) is 5.92 Å². The van der Waals surface area contributed by atoms with Crippen molar-refractivity contribution in [2.24, 2.45) is 5.92 Å². The number of aliphatic hydroxyl groups excluding tert-OH is 2. The van der Waals surface area contributed by atoms with Crippen molar-refractivity contribution >= 4 is 11.9 Å². The van der Waals surface area contributed by atoms with Crippen molar-refractivity contribution in [2.45, 2.75) is 19.8 Å². The summed E-state index contributed by atoms with van der Waals surface area (Å²) in [5.41, 5.74) is 0. The summed E-state index contributed by atoms with van der Waals surface area (Å²) in [4.78, 5) is 22.8. The van der Waals surface area contributed by atoms with Gasteiger partial charge in [0, 0.05) is 0 Å². The van der Waals surface area contributed by atoms with Crippen LogP contribution in [0.1, 0.15) is 19.8 Å². The van der Waals surface area contributed by atoms with Gasteiger partial charge in [0.05, 0.1) is 13.2 Å². The van der Waals surface area contributed by atoms with Gasteiger partial charge in [-0.2, -0.15) is 0 Å². The second-order valence-corrected chi connectivity index (χ2v) is 3.12. The molecule has 2 N–H and O–H groups in total. The van der Waals surface area contributed by atoms with E-state index in [-0.39, 0.29) is 26.4 Å². The molecule has 0 unspecified atom stereocenters. The number of hydrogen-bond donors (Lipinski definition) is 2. The molecule has 0 atom stereocenters. The summed E-state index contributed by atoms with van der Waals surface area (Å²) in [5.74, 6) is -2.36. The third-order valence-electron chi connectivity index (χ3n) is 1.82. The molecule has 94 valence electrons. The molecule has 0 aliphatic carbocycles. The smallest absolute Gasteiger partial charge is 0.320 e. The number of rotatable bonds is 8. The third-order valence-corrected chi connectivity index (χ3v) is 1.82. The van der Waals surface area contributed by atoms with Crippen LogP contribution in [0.4, 0.5) is 0 Å². The molecule has 0 amide bonds. The highest BCUT2D eigenvalue weighted by Crippen LogP contribution is 2.11. The average molecular weight is 234 g/mol. The van der Waals surface area contributed by atoms with Crippen molar-refractivity contribution in [1.82, 2.24) is 0 Å². The molecule has 0 radical (unpaired) electrons. The van der Waals surface area contributed by atoms with Crippen molar-refractivity contribution in [3.63, 3.8) is 0 Å².